The smallest absolute Gasteiger partial charge is 0.297 e. The molecule has 4 aromatic rings. The van der Waals surface area contributed by atoms with Crippen molar-refractivity contribution < 1.29 is 18.7 Å². The minimum Gasteiger partial charge on any atom is -0.493 e. The predicted octanol–water partition coefficient (Wildman–Crippen LogP) is 5.00. The van der Waals surface area contributed by atoms with Crippen LogP contribution in [0.1, 0.15) is 53.5 Å². The zero-order valence-electron chi connectivity index (χ0n) is 19.9. The third kappa shape index (κ3) is 3.95. The molecule has 0 saturated carbocycles. The van der Waals surface area contributed by atoms with Crippen LogP contribution in [0.3, 0.4) is 0 Å². The Labute approximate surface area is 206 Å². The highest BCUT2D eigenvalue weighted by atomic mass is 32.1. The molecule has 0 radical (unpaired) electrons. The first-order chi connectivity index (χ1) is 16.9. The maximum Gasteiger partial charge on any atom is 0.297 e. The number of nitrogens with zero attached hydrogens (tertiary/aromatic N) is 3. The third-order valence-electron chi connectivity index (χ3n) is 5.83. The van der Waals surface area contributed by atoms with Crippen LogP contribution >= 0.6 is 11.3 Å². The molecule has 0 bridgehead atoms. The van der Waals surface area contributed by atoms with Gasteiger partial charge in [0.05, 0.1) is 30.7 Å². The van der Waals surface area contributed by atoms with E-state index < -0.39 is 11.9 Å². The van der Waals surface area contributed by atoms with Gasteiger partial charge in [0.1, 0.15) is 10.6 Å². The van der Waals surface area contributed by atoms with Crippen LogP contribution in [-0.4, -0.2) is 29.8 Å². The van der Waals surface area contributed by atoms with E-state index in [2.05, 4.69) is 24.0 Å². The van der Waals surface area contributed by atoms with Crippen molar-refractivity contribution in [3.8, 4) is 11.5 Å². The van der Waals surface area contributed by atoms with Gasteiger partial charge in [0.25, 0.3) is 5.91 Å². The number of hydrogen-bond donors (Lipinski definition) is 0. The van der Waals surface area contributed by atoms with Gasteiger partial charge in [0, 0.05) is 6.42 Å². The minimum atomic E-state index is -0.747. The number of carbonyl (C=O) groups excluding carboxylic acids is 1. The van der Waals surface area contributed by atoms with E-state index in [0.717, 1.165) is 11.4 Å². The Morgan fingerprint density at radius 2 is 1.91 bits per heavy atom. The largest absolute Gasteiger partial charge is 0.493 e. The molecule has 3 heterocycles. The molecule has 9 heteroatoms. The molecule has 8 nitrogen and oxygen atoms in total. The summed E-state index contributed by atoms with van der Waals surface area (Å²) in [4.78, 5) is 28.9. The first kappa shape index (κ1) is 23.0. The van der Waals surface area contributed by atoms with E-state index in [9.17, 15) is 9.59 Å². The normalized spacial score (nSPS) is 15.2. The molecule has 1 atom stereocenters. The summed E-state index contributed by atoms with van der Waals surface area (Å²) in [6, 6.07) is 11.6. The number of hydrogen-bond acceptors (Lipinski definition) is 8. The number of rotatable bonds is 7. The number of carbonyl (C=O) groups is 1. The average molecular weight is 492 g/mol. The van der Waals surface area contributed by atoms with Crippen molar-refractivity contribution in [2.45, 2.75) is 33.2 Å². The van der Waals surface area contributed by atoms with Crippen molar-refractivity contribution in [1.29, 1.82) is 0 Å². The fraction of sp³-hybridized carbons (Fsp3) is 0.308. The topological polar surface area (TPSA) is 94.8 Å². The lowest BCUT2D eigenvalue weighted by molar-refractivity contribution is 0.0970. The zero-order chi connectivity index (χ0) is 24.7. The Morgan fingerprint density at radius 3 is 2.66 bits per heavy atom. The summed E-state index contributed by atoms with van der Waals surface area (Å²) in [6.07, 6.45) is 0.745. The summed E-state index contributed by atoms with van der Waals surface area (Å²) in [5.41, 5.74) is 1.08. The van der Waals surface area contributed by atoms with Crippen molar-refractivity contribution in [3.63, 3.8) is 0 Å². The molecular formula is C26H25N3O5S. The maximum absolute atomic E-state index is 13.7. The Bertz CT molecular complexity index is 1480. The molecule has 0 N–H and O–H groups in total. The van der Waals surface area contributed by atoms with Crippen molar-refractivity contribution in [2.75, 3.05) is 18.6 Å². The lowest BCUT2D eigenvalue weighted by Crippen LogP contribution is -2.29. The molecule has 1 aliphatic heterocycles. The summed E-state index contributed by atoms with van der Waals surface area (Å²) in [5.74, 6) is 1.07. The lowest BCUT2D eigenvalue weighted by Gasteiger charge is -2.23. The van der Waals surface area contributed by atoms with Crippen molar-refractivity contribution in [1.82, 2.24) is 10.2 Å². The van der Waals surface area contributed by atoms with Gasteiger partial charge >= 0.3 is 0 Å². The molecule has 1 aliphatic rings. The van der Waals surface area contributed by atoms with Gasteiger partial charge in [-0.15, -0.1) is 10.2 Å². The fourth-order valence-electron chi connectivity index (χ4n) is 4.34. The van der Waals surface area contributed by atoms with E-state index >= 15 is 0 Å². The zero-order valence-corrected chi connectivity index (χ0v) is 20.7. The highest BCUT2D eigenvalue weighted by Gasteiger charge is 2.45. The summed E-state index contributed by atoms with van der Waals surface area (Å²) < 4.78 is 17.2. The van der Waals surface area contributed by atoms with E-state index in [1.54, 1.807) is 43.5 Å². The first-order valence-electron chi connectivity index (χ1n) is 11.4. The van der Waals surface area contributed by atoms with E-state index in [-0.39, 0.29) is 16.8 Å². The second-order valence-corrected chi connectivity index (χ2v) is 9.71. The summed E-state index contributed by atoms with van der Waals surface area (Å²) in [5, 5.41) is 10.3. The monoisotopic (exact) mass is 491 g/mol. The Balaban J connectivity index is 1.72. The predicted molar refractivity (Wildman–Crippen MR) is 134 cm³/mol. The third-order valence-corrected chi connectivity index (χ3v) is 6.77. The number of ether oxygens (including phenoxy) is 2. The van der Waals surface area contributed by atoms with Gasteiger partial charge < -0.3 is 13.9 Å². The van der Waals surface area contributed by atoms with Crippen LogP contribution in [0.5, 0.6) is 11.5 Å². The number of benzene rings is 2. The van der Waals surface area contributed by atoms with Crippen LogP contribution in [0.15, 0.2) is 51.7 Å². The molecule has 2 aromatic heterocycles. The number of amides is 1. The van der Waals surface area contributed by atoms with Crippen LogP contribution < -0.4 is 19.8 Å². The summed E-state index contributed by atoms with van der Waals surface area (Å²) >= 11 is 1.35. The van der Waals surface area contributed by atoms with Crippen LogP contribution in [0.25, 0.3) is 11.0 Å². The molecular weight excluding hydrogens is 466 g/mol. The molecule has 0 aliphatic carbocycles. The molecule has 1 unspecified atom stereocenters. The molecule has 0 fully saturated rings. The van der Waals surface area contributed by atoms with Crippen molar-refractivity contribution in [3.05, 3.63) is 74.6 Å². The van der Waals surface area contributed by atoms with Gasteiger partial charge in [-0.2, -0.15) is 0 Å². The highest BCUT2D eigenvalue weighted by Crippen LogP contribution is 2.44. The molecule has 5 rings (SSSR count). The highest BCUT2D eigenvalue weighted by molar-refractivity contribution is 7.15. The Morgan fingerprint density at radius 1 is 1.11 bits per heavy atom. The maximum atomic E-state index is 13.7. The van der Waals surface area contributed by atoms with Crippen LogP contribution in [-0.2, 0) is 6.42 Å². The van der Waals surface area contributed by atoms with E-state index in [0.29, 0.717) is 45.7 Å². The van der Waals surface area contributed by atoms with Gasteiger partial charge in [0.15, 0.2) is 16.9 Å². The number of anilines is 1. The second-order valence-electron chi connectivity index (χ2n) is 8.67. The number of para-hydroxylation sites is 1. The van der Waals surface area contributed by atoms with Gasteiger partial charge in [-0.1, -0.05) is 43.4 Å². The minimum absolute atomic E-state index is 0.0205. The molecule has 0 spiro atoms. The van der Waals surface area contributed by atoms with Gasteiger partial charge in [-0.05, 0) is 42.7 Å². The Hall–Kier alpha value is -3.72. The van der Waals surface area contributed by atoms with Crippen LogP contribution in [0.2, 0.25) is 0 Å². The molecule has 1 amide bonds. The summed E-state index contributed by atoms with van der Waals surface area (Å²) in [6.45, 7) is 6.56. The average Bonchev–Trinajstić information content (AvgIpc) is 3.41. The molecule has 0 saturated heterocycles. The fourth-order valence-corrected chi connectivity index (χ4v) is 5.41. The van der Waals surface area contributed by atoms with Crippen LogP contribution in [0, 0.1) is 5.92 Å². The van der Waals surface area contributed by atoms with E-state index in [4.69, 9.17) is 13.9 Å². The Kier molecular flexibility index (Phi) is 6.02. The first-order valence-corrected chi connectivity index (χ1v) is 12.3. The quantitative estimate of drug-likeness (QED) is 0.359. The van der Waals surface area contributed by atoms with Gasteiger partial charge in [-0.3, -0.25) is 14.5 Å². The number of aromatic nitrogens is 2. The van der Waals surface area contributed by atoms with Crippen molar-refractivity contribution >= 4 is 33.3 Å². The second kappa shape index (κ2) is 9.14. The molecule has 35 heavy (non-hydrogen) atoms. The lowest BCUT2D eigenvalue weighted by atomic mass is 9.98. The SMILES string of the molecule is CCOc1ccc(C2c3c(oc4ccccc4c3=O)C(=O)N2c2nnc(CC(C)C)s2)cc1OC. The van der Waals surface area contributed by atoms with Gasteiger partial charge in [-0.25, -0.2) is 0 Å². The van der Waals surface area contributed by atoms with E-state index in [1.165, 1.54) is 16.2 Å². The number of fused-ring (bicyclic) bond motifs is 2. The summed E-state index contributed by atoms with van der Waals surface area (Å²) in [7, 11) is 1.55. The number of methoxy groups -OCH3 is 1. The molecule has 180 valence electrons. The molecule has 2 aromatic carbocycles. The van der Waals surface area contributed by atoms with Crippen molar-refractivity contribution in [2.24, 2.45) is 5.92 Å². The standard InChI is InChI=1S/C26H25N3O5S/c1-5-33-18-11-10-15(13-19(18)32-4)22-21-23(30)16-8-6-7-9-17(16)34-24(21)25(31)29(22)26-28-27-20(35-26)12-14(2)3/h6-11,13-14,22H,5,12H2,1-4H3. The van der Waals surface area contributed by atoms with Crippen LogP contribution in [0.4, 0.5) is 5.13 Å². The van der Waals surface area contributed by atoms with Gasteiger partial charge in [0.2, 0.25) is 10.9 Å². The van der Waals surface area contributed by atoms with E-state index in [1.807, 2.05) is 13.0 Å².